The Morgan fingerprint density at radius 2 is 1.81 bits per heavy atom. The van der Waals surface area contributed by atoms with Crippen LogP contribution in [0.3, 0.4) is 0 Å². The lowest BCUT2D eigenvalue weighted by molar-refractivity contribution is -0.123. The van der Waals surface area contributed by atoms with Gasteiger partial charge in [-0.15, -0.1) is 0 Å². The highest BCUT2D eigenvalue weighted by molar-refractivity contribution is 5.83. The van der Waals surface area contributed by atoms with Crippen LogP contribution < -0.4 is 14.9 Å². The lowest BCUT2D eigenvalue weighted by Gasteiger charge is -2.12. The van der Waals surface area contributed by atoms with E-state index < -0.39 is 0 Å². The average molecular weight is 354 g/mol. The summed E-state index contributed by atoms with van der Waals surface area (Å²) >= 11 is 0. The number of carbonyl (C=O) groups is 1. The van der Waals surface area contributed by atoms with Crippen LogP contribution in [0, 0.1) is 6.92 Å². The minimum absolute atomic E-state index is 0.0823. The smallest absolute Gasteiger partial charge is 0.277 e. The van der Waals surface area contributed by atoms with Crippen molar-refractivity contribution in [2.75, 3.05) is 13.2 Å². The molecule has 0 bridgehead atoms. The van der Waals surface area contributed by atoms with E-state index in [1.54, 1.807) is 6.21 Å². The van der Waals surface area contributed by atoms with Crippen LogP contribution in [0.1, 0.15) is 43.4 Å². The van der Waals surface area contributed by atoms with Crippen LogP contribution in [-0.4, -0.2) is 25.3 Å². The van der Waals surface area contributed by atoms with Gasteiger partial charge in [-0.05, 0) is 72.9 Å². The number of hydrogen-bond donors (Lipinski definition) is 1. The van der Waals surface area contributed by atoms with Gasteiger partial charge in [0.05, 0.1) is 12.8 Å². The number of carbonyl (C=O) groups excluding carboxylic acids is 1. The fraction of sp³-hybridized carbons (Fsp3) is 0.333. The molecule has 1 N–H and O–H groups in total. The van der Waals surface area contributed by atoms with Crippen LogP contribution in [0.15, 0.2) is 47.6 Å². The molecule has 0 aliphatic heterocycles. The Kier molecular flexibility index (Phi) is 7.21. The van der Waals surface area contributed by atoms with Gasteiger partial charge in [0.1, 0.15) is 11.5 Å². The number of hydrogen-bond acceptors (Lipinski definition) is 4. The summed E-state index contributed by atoms with van der Waals surface area (Å²) in [6, 6.07) is 13.3. The van der Waals surface area contributed by atoms with E-state index in [4.69, 9.17) is 9.47 Å². The molecule has 5 heteroatoms. The monoisotopic (exact) mass is 354 g/mol. The van der Waals surface area contributed by atoms with Crippen molar-refractivity contribution < 1.29 is 14.3 Å². The average Bonchev–Trinajstić information content (AvgIpc) is 2.61. The first kappa shape index (κ1) is 19.5. The summed E-state index contributed by atoms with van der Waals surface area (Å²) in [5.74, 6) is 1.64. The molecular weight excluding hydrogens is 328 g/mol. The van der Waals surface area contributed by atoms with E-state index in [0.717, 1.165) is 16.9 Å². The van der Waals surface area contributed by atoms with E-state index in [-0.39, 0.29) is 12.5 Å². The van der Waals surface area contributed by atoms with Gasteiger partial charge in [-0.25, -0.2) is 5.43 Å². The maximum absolute atomic E-state index is 11.8. The Hall–Kier alpha value is -2.82. The quantitative estimate of drug-likeness (QED) is 0.575. The van der Waals surface area contributed by atoms with Gasteiger partial charge in [0.2, 0.25) is 0 Å². The number of ether oxygens (including phenoxy) is 2. The van der Waals surface area contributed by atoms with Gasteiger partial charge in [-0.1, -0.05) is 19.9 Å². The Morgan fingerprint density at radius 3 is 2.42 bits per heavy atom. The predicted molar refractivity (Wildman–Crippen MR) is 104 cm³/mol. The maximum atomic E-state index is 11.8. The fourth-order valence-electron chi connectivity index (χ4n) is 2.56. The van der Waals surface area contributed by atoms with E-state index in [1.807, 2.05) is 56.3 Å². The molecule has 0 spiro atoms. The van der Waals surface area contributed by atoms with Gasteiger partial charge in [0, 0.05) is 0 Å². The second-order valence-corrected chi connectivity index (χ2v) is 6.26. The molecule has 0 unspecified atom stereocenters. The van der Waals surface area contributed by atoms with E-state index in [9.17, 15) is 4.79 Å². The van der Waals surface area contributed by atoms with Crippen molar-refractivity contribution in [1.29, 1.82) is 0 Å². The summed E-state index contributed by atoms with van der Waals surface area (Å²) in [5.41, 5.74) is 5.77. The third-order valence-electron chi connectivity index (χ3n) is 3.83. The van der Waals surface area contributed by atoms with Crippen molar-refractivity contribution in [3.05, 3.63) is 59.2 Å². The number of aryl methyl sites for hydroxylation is 1. The van der Waals surface area contributed by atoms with E-state index >= 15 is 0 Å². The molecule has 0 saturated heterocycles. The molecule has 26 heavy (non-hydrogen) atoms. The molecule has 0 fully saturated rings. The Labute approximate surface area is 155 Å². The minimum atomic E-state index is -0.308. The number of nitrogens with zero attached hydrogens (tertiary/aromatic N) is 1. The Bertz CT molecular complexity index is 752. The SMILES string of the molecule is CCOc1ccc(/C=N/NC(=O)COc2ccc(C(C)C)c(C)c2)cc1. The van der Waals surface area contributed by atoms with Gasteiger partial charge in [0.25, 0.3) is 5.91 Å². The van der Waals surface area contributed by atoms with Crippen LogP contribution in [-0.2, 0) is 4.79 Å². The molecule has 0 atom stereocenters. The highest BCUT2D eigenvalue weighted by Crippen LogP contribution is 2.23. The topological polar surface area (TPSA) is 59.9 Å². The Balaban J connectivity index is 1.80. The van der Waals surface area contributed by atoms with Crippen LogP contribution in [0.2, 0.25) is 0 Å². The first-order valence-corrected chi connectivity index (χ1v) is 8.77. The molecule has 1 amide bonds. The molecule has 2 aromatic carbocycles. The van der Waals surface area contributed by atoms with Crippen LogP contribution in [0.25, 0.3) is 0 Å². The molecular formula is C21H26N2O3. The summed E-state index contributed by atoms with van der Waals surface area (Å²) in [7, 11) is 0. The van der Waals surface area contributed by atoms with Crippen molar-refractivity contribution in [3.63, 3.8) is 0 Å². The number of rotatable bonds is 8. The zero-order valence-corrected chi connectivity index (χ0v) is 15.8. The maximum Gasteiger partial charge on any atom is 0.277 e. The third-order valence-corrected chi connectivity index (χ3v) is 3.83. The van der Waals surface area contributed by atoms with Gasteiger partial charge >= 0.3 is 0 Å². The van der Waals surface area contributed by atoms with E-state index in [0.29, 0.717) is 18.3 Å². The largest absolute Gasteiger partial charge is 0.494 e. The van der Waals surface area contributed by atoms with Crippen LogP contribution in [0.5, 0.6) is 11.5 Å². The molecule has 0 saturated carbocycles. The number of benzene rings is 2. The summed E-state index contributed by atoms with van der Waals surface area (Å²) in [4.78, 5) is 11.8. The zero-order chi connectivity index (χ0) is 18.9. The van der Waals surface area contributed by atoms with Crippen molar-refractivity contribution in [1.82, 2.24) is 5.43 Å². The van der Waals surface area contributed by atoms with Crippen LogP contribution >= 0.6 is 0 Å². The molecule has 138 valence electrons. The lowest BCUT2D eigenvalue weighted by Crippen LogP contribution is -2.24. The number of hydrazone groups is 1. The standard InChI is InChI=1S/C21H26N2O3/c1-5-25-18-8-6-17(7-9-18)13-22-23-21(24)14-26-19-10-11-20(15(2)3)16(4)12-19/h6-13,15H,5,14H2,1-4H3,(H,23,24)/b22-13+. The third kappa shape index (κ3) is 5.92. The van der Waals surface area contributed by atoms with Crippen molar-refractivity contribution >= 4 is 12.1 Å². The van der Waals surface area contributed by atoms with Crippen LogP contribution in [0.4, 0.5) is 0 Å². The highest BCUT2D eigenvalue weighted by atomic mass is 16.5. The predicted octanol–water partition coefficient (Wildman–Crippen LogP) is 4.05. The van der Waals surface area contributed by atoms with Gasteiger partial charge in [-0.2, -0.15) is 5.10 Å². The summed E-state index contributed by atoms with van der Waals surface area (Å²) < 4.78 is 10.9. The molecule has 0 radical (unpaired) electrons. The molecule has 0 aliphatic rings. The van der Waals surface area contributed by atoms with E-state index in [2.05, 4.69) is 24.4 Å². The molecule has 2 rings (SSSR count). The number of nitrogens with one attached hydrogen (secondary N) is 1. The highest BCUT2D eigenvalue weighted by Gasteiger charge is 2.06. The molecule has 0 heterocycles. The molecule has 0 aromatic heterocycles. The first-order valence-electron chi connectivity index (χ1n) is 8.77. The summed E-state index contributed by atoms with van der Waals surface area (Å²) in [6.07, 6.45) is 1.58. The summed E-state index contributed by atoms with van der Waals surface area (Å²) in [6.45, 7) is 8.83. The van der Waals surface area contributed by atoms with Gasteiger partial charge < -0.3 is 9.47 Å². The minimum Gasteiger partial charge on any atom is -0.494 e. The lowest BCUT2D eigenvalue weighted by atomic mass is 9.98. The molecule has 0 aliphatic carbocycles. The van der Waals surface area contributed by atoms with Crippen molar-refractivity contribution in [2.24, 2.45) is 5.10 Å². The normalized spacial score (nSPS) is 11.0. The second-order valence-electron chi connectivity index (χ2n) is 6.26. The molecule has 2 aromatic rings. The summed E-state index contributed by atoms with van der Waals surface area (Å²) in [5, 5.41) is 3.94. The van der Waals surface area contributed by atoms with Crippen molar-refractivity contribution in [2.45, 2.75) is 33.6 Å². The second kappa shape index (κ2) is 9.61. The molecule has 5 nitrogen and oxygen atoms in total. The van der Waals surface area contributed by atoms with Gasteiger partial charge in [0.15, 0.2) is 6.61 Å². The Morgan fingerprint density at radius 1 is 1.12 bits per heavy atom. The number of amides is 1. The first-order chi connectivity index (χ1) is 12.5. The van der Waals surface area contributed by atoms with Crippen molar-refractivity contribution in [3.8, 4) is 11.5 Å². The zero-order valence-electron chi connectivity index (χ0n) is 15.8. The van der Waals surface area contributed by atoms with Gasteiger partial charge in [-0.3, -0.25) is 4.79 Å². The van der Waals surface area contributed by atoms with E-state index in [1.165, 1.54) is 5.56 Å². The fourth-order valence-corrected chi connectivity index (χ4v) is 2.56.